The standard InChI is InChI=1S/C25H32N4O5/c1-13(2)12-18(21(30)27-19(14(3)4)22(31)32)29-23(33)25(5)20-16(10-11-28(25)24(29)34)15-8-6-7-9-17(15)26-20/h6-9,13-14,18-19,26H,10-12H2,1-5H3,(H,27,30)(H,31,32)/t18-,19-,25+/m1/s1. The zero-order chi connectivity index (χ0) is 24.9. The number of hydrogen-bond donors (Lipinski definition) is 3. The van der Waals surface area contributed by atoms with Gasteiger partial charge in [0.1, 0.15) is 12.1 Å². The van der Waals surface area contributed by atoms with Crippen LogP contribution >= 0.6 is 0 Å². The summed E-state index contributed by atoms with van der Waals surface area (Å²) in [5, 5.41) is 13.1. The Morgan fingerprint density at radius 2 is 1.85 bits per heavy atom. The SMILES string of the molecule is CC(C)C[C@H](C(=O)N[C@@H](C(=O)O)C(C)C)N1C(=O)N2CCc3c([nH]c4ccccc34)[C@@]2(C)C1=O. The van der Waals surface area contributed by atoms with Crippen LogP contribution in [-0.2, 0) is 26.3 Å². The second kappa shape index (κ2) is 8.45. The summed E-state index contributed by atoms with van der Waals surface area (Å²) in [6, 6.07) is 5.05. The normalized spacial score (nSPS) is 21.7. The molecule has 4 amide bonds. The van der Waals surface area contributed by atoms with Crippen molar-refractivity contribution in [3.8, 4) is 0 Å². The number of carbonyl (C=O) groups excluding carboxylic acids is 3. The summed E-state index contributed by atoms with van der Waals surface area (Å²) in [5.41, 5.74) is 1.32. The van der Waals surface area contributed by atoms with E-state index in [9.17, 15) is 24.3 Å². The van der Waals surface area contributed by atoms with Gasteiger partial charge in [0.15, 0.2) is 5.54 Å². The van der Waals surface area contributed by atoms with Crippen LogP contribution in [-0.4, -0.2) is 62.3 Å². The van der Waals surface area contributed by atoms with Gasteiger partial charge in [0.2, 0.25) is 5.91 Å². The van der Waals surface area contributed by atoms with E-state index in [1.807, 2.05) is 38.1 Å². The zero-order valence-electron chi connectivity index (χ0n) is 20.2. The molecule has 3 atom stereocenters. The van der Waals surface area contributed by atoms with Crippen molar-refractivity contribution >= 4 is 34.7 Å². The van der Waals surface area contributed by atoms with Gasteiger partial charge in [-0.15, -0.1) is 0 Å². The van der Waals surface area contributed by atoms with E-state index in [1.165, 1.54) is 4.90 Å². The van der Waals surface area contributed by atoms with E-state index in [-0.39, 0.29) is 18.3 Å². The third-order valence-electron chi connectivity index (χ3n) is 7.04. The molecule has 2 aliphatic heterocycles. The third-order valence-corrected chi connectivity index (χ3v) is 7.04. The second-order valence-corrected chi connectivity index (χ2v) is 10.2. The van der Waals surface area contributed by atoms with Crippen LogP contribution in [0, 0.1) is 11.8 Å². The molecule has 9 heteroatoms. The number of aromatic nitrogens is 1. The van der Waals surface area contributed by atoms with Crippen molar-refractivity contribution in [1.29, 1.82) is 0 Å². The van der Waals surface area contributed by atoms with E-state index in [2.05, 4.69) is 10.3 Å². The van der Waals surface area contributed by atoms with E-state index in [0.29, 0.717) is 18.7 Å². The molecule has 0 unspecified atom stereocenters. The number of carboxylic acid groups (broad SMARTS) is 1. The fourth-order valence-electron chi connectivity index (χ4n) is 5.23. The molecule has 2 aromatic rings. The minimum Gasteiger partial charge on any atom is -0.480 e. The highest BCUT2D eigenvalue weighted by atomic mass is 16.4. The Bertz CT molecular complexity index is 1170. The summed E-state index contributed by atoms with van der Waals surface area (Å²) in [6.45, 7) is 9.26. The van der Waals surface area contributed by atoms with Crippen molar-refractivity contribution < 1.29 is 24.3 Å². The van der Waals surface area contributed by atoms with Gasteiger partial charge in [-0.2, -0.15) is 0 Å². The van der Waals surface area contributed by atoms with Crippen molar-refractivity contribution in [2.75, 3.05) is 6.54 Å². The molecule has 1 saturated heterocycles. The Kier molecular flexibility index (Phi) is 5.91. The monoisotopic (exact) mass is 468 g/mol. The van der Waals surface area contributed by atoms with Gasteiger partial charge in [0, 0.05) is 17.4 Å². The number of amides is 4. The first kappa shape index (κ1) is 23.8. The number of hydrogen-bond acceptors (Lipinski definition) is 4. The predicted molar refractivity (Wildman–Crippen MR) is 126 cm³/mol. The first-order chi connectivity index (χ1) is 16.0. The van der Waals surface area contributed by atoms with Gasteiger partial charge in [-0.05, 0) is 43.2 Å². The number of fused-ring (bicyclic) bond motifs is 5. The number of para-hydroxylation sites is 1. The highest BCUT2D eigenvalue weighted by molar-refractivity contribution is 6.11. The first-order valence-electron chi connectivity index (χ1n) is 11.8. The summed E-state index contributed by atoms with van der Waals surface area (Å²) in [6.07, 6.45) is 0.828. The van der Waals surface area contributed by atoms with Crippen molar-refractivity contribution in [2.45, 2.75) is 65.1 Å². The van der Waals surface area contributed by atoms with Crippen LogP contribution in [0.1, 0.15) is 52.3 Å². The van der Waals surface area contributed by atoms with E-state index in [4.69, 9.17) is 0 Å². The summed E-state index contributed by atoms with van der Waals surface area (Å²) in [7, 11) is 0. The zero-order valence-corrected chi connectivity index (χ0v) is 20.2. The van der Waals surface area contributed by atoms with Crippen LogP contribution in [0.2, 0.25) is 0 Å². The van der Waals surface area contributed by atoms with Gasteiger partial charge in [-0.3, -0.25) is 9.59 Å². The molecule has 1 fully saturated rings. The molecule has 182 valence electrons. The number of urea groups is 1. The van der Waals surface area contributed by atoms with Gasteiger partial charge < -0.3 is 20.3 Å². The maximum absolute atomic E-state index is 13.9. The maximum atomic E-state index is 13.9. The summed E-state index contributed by atoms with van der Waals surface area (Å²) in [4.78, 5) is 58.5. The van der Waals surface area contributed by atoms with Gasteiger partial charge >= 0.3 is 12.0 Å². The maximum Gasteiger partial charge on any atom is 0.328 e. The number of benzene rings is 1. The minimum atomic E-state index is -1.26. The number of carbonyl (C=O) groups is 4. The molecule has 0 radical (unpaired) electrons. The molecule has 9 nitrogen and oxygen atoms in total. The number of H-pyrrole nitrogens is 1. The molecule has 2 aliphatic rings. The average Bonchev–Trinajstić information content (AvgIpc) is 3.24. The van der Waals surface area contributed by atoms with Crippen LogP contribution < -0.4 is 5.32 Å². The highest BCUT2D eigenvalue weighted by Gasteiger charge is 2.60. The summed E-state index contributed by atoms with van der Waals surface area (Å²) in [5.74, 6) is -2.62. The van der Waals surface area contributed by atoms with Gasteiger partial charge in [-0.1, -0.05) is 45.9 Å². The molecular formula is C25H32N4O5. The lowest BCUT2D eigenvalue weighted by molar-refractivity contribution is -0.145. The molecular weight excluding hydrogens is 436 g/mol. The number of rotatable bonds is 7. The Balaban J connectivity index is 1.74. The second-order valence-electron chi connectivity index (χ2n) is 10.2. The smallest absolute Gasteiger partial charge is 0.328 e. The summed E-state index contributed by atoms with van der Waals surface area (Å²) < 4.78 is 0. The molecule has 4 rings (SSSR count). The lowest BCUT2D eigenvalue weighted by atomic mass is 9.86. The predicted octanol–water partition coefficient (Wildman–Crippen LogP) is 2.84. The number of aliphatic carboxylic acids is 1. The lowest BCUT2D eigenvalue weighted by Gasteiger charge is -2.36. The molecule has 1 aromatic heterocycles. The Labute approximate surface area is 198 Å². The van der Waals surface area contributed by atoms with Crippen molar-refractivity contribution in [3.05, 3.63) is 35.5 Å². The van der Waals surface area contributed by atoms with Crippen molar-refractivity contribution in [1.82, 2.24) is 20.1 Å². The number of aromatic amines is 1. The highest BCUT2D eigenvalue weighted by Crippen LogP contribution is 2.45. The lowest BCUT2D eigenvalue weighted by Crippen LogP contribution is -2.55. The molecule has 3 N–H and O–H groups in total. The van der Waals surface area contributed by atoms with E-state index >= 15 is 0 Å². The van der Waals surface area contributed by atoms with Crippen LogP contribution in [0.15, 0.2) is 24.3 Å². The Morgan fingerprint density at radius 3 is 2.47 bits per heavy atom. The van der Waals surface area contributed by atoms with E-state index in [1.54, 1.807) is 20.8 Å². The van der Waals surface area contributed by atoms with Crippen LogP contribution in [0.25, 0.3) is 10.9 Å². The molecule has 3 heterocycles. The first-order valence-corrected chi connectivity index (χ1v) is 11.8. The number of imide groups is 1. The fourth-order valence-corrected chi connectivity index (χ4v) is 5.23. The molecule has 1 aromatic carbocycles. The van der Waals surface area contributed by atoms with E-state index in [0.717, 1.165) is 21.4 Å². The van der Waals surface area contributed by atoms with Crippen molar-refractivity contribution in [3.63, 3.8) is 0 Å². The van der Waals surface area contributed by atoms with Gasteiger partial charge in [0.05, 0.1) is 5.69 Å². The van der Waals surface area contributed by atoms with Crippen LogP contribution in [0.3, 0.4) is 0 Å². The molecule has 34 heavy (non-hydrogen) atoms. The van der Waals surface area contributed by atoms with Gasteiger partial charge in [0.25, 0.3) is 5.91 Å². The molecule has 0 aliphatic carbocycles. The third kappa shape index (κ3) is 3.54. The minimum absolute atomic E-state index is 0.00671. The Hall–Kier alpha value is -3.36. The largest absolute Gasteiger partial charge is 0.480 e. The van der Waals surface area contributed by atoms with Crippen LogP contribution in [0.4, 0.5) is 4.79 Å². The van der Waals surface area contributed by atoms with Crippen LogP contribution in [0.5, 0.6) is 0 Å². The summed E-state index contributed by atoms with van der Waals surface area (Å²) >= 11 is 0. The van der Waals surface area contributed by atoms with Crippen molar-refractivity contribution in [2.24, 2.45) is 11.8 Å². The average molecular weight is 469 g/mol. The van der Waals surface area contributed by atoms with Gasteiger partial charge in [-0.25, -0.2) is 14.5 Å². The Morgan fingerprint density at radius 1 is 1.18 bits per heavy atom. The van der Waals surface area contributed by atoms with E-state index < -0.39 is 41.4 Å². The molecule has 0 bridgehead atoms. The molecule has 0 saturated carbocycles. The topological polar surface area (TPSA) is 123 Å². The fraction of sp³-hybridized carbons (Fsp3) is 0.520. The number of carboxylic acids is 1. The molecule has 0 spiro atoms. The number of nitrogens with one attached hydrogen (secondary N) is 2. The number of nitrogens with zero attached hydrogens (tertiary/aromatic N) is 2. The quantitative estimate of drug-likeness (QED) is 0.539.